The van der Waals surface area contributed by atoms with Crippen LogP contribution in [-0.4, -0.2) is 40.9 Å². The summed E-state index contributed by atoms with van der Waals surface area (Å²) in [6, 6.07) is 7.76. The van der Waals surface area contributed by atoms with Gasteiger partial charge in [-0.1, -0.05) is 38.3 Å². The van der Waals surface area contributed by atoms with Crippen molar-refractivity contribution in [2.45, 2.75) is 63.9 Å². The Morgan fingerprint density at radius 1 is 1.17 bits per heavy atom. The number of likely N-dealkylation sites (tertiary alicyclic amines) is 1. The molecule has 3 heteroatoms. The van der Waals surface area contributed by atoms with Crippen LogP contribution in [0, 0.1) is 11.8 Å². The summed E-state index contributed by atoms with van der Waals surface area (Å²) in [6.45, 7) is 5.53. The number of phenols is 1. The lowest BCUT2D eigenvalue weighted by Gasteiger charge is -2.38. The summed E-state index contributed by atoms with van der Waals surface area (Å²) in [5.74, 6) is 2.04. The molecule has 1 saturated carbocycles. The number of aliphatic hydroxyl groups excluding tert-OH is 1. The van der Waals surface area contributed by atoms with Gasteiger partial charge in [0.2, 0.25) is 0 Å². The first kappa shape index (κ1) is 17.8. The molecule has 1 aromatic rings. The molecule has 3 nitrogen and oxygen atoms in total. The highest BCUT2D eigenvalue weighted by atomic mass is 16.3. The third-order valence-corrected chi connectivity index (χ3v) is 6.22. The minimum absolute atomic E-state index is 0.107. The van der Waals surface area contributed by atoms with Gasteiger partial charge in [-0.05, 0) is 67.7 Å². The van der Waals surface area contributed by atoms with Crippen LogP contribution in [0.15, 0.2) is 24.3 Å². The molecular formula is C21H33NO2. The molecule has 1 saturated heterocycles. The van der Waals surface area contributed by atoms with Crippen LogP contribution in [0.5, 0.6) is 5.75 Å². The lowest BCUT2D eigenvalue weighted by molar-refractivity contribution is 0.0582. The molecule has 1 unspecified atom stereocenters. The summed E-state index contributed by atoms with van der Waals surface area (Å²) in [7, 11) is 0. The lowest BCUT2D eigenvalue weighted by atomic mass is 9.81. The molecule has 0 amide bonds. The highest BCUT2D eigenvalue weighted by Crippen LogP contribution is 2.34. The molecule has 2 N–H and O–H groups in total. The van der Waals surface area contributed by atoms with Crippen LogP contribution in [0.2, 0.25) is 0 Å². The van der Waals surface area contributed by atoms with Crippen molar-refractivity contribution in [3.05, 3.63) is 29.8 Å². The molecule has 0 radical (unpaired) electrons. The molecule has 0 spiro atoms. The van der Waals surface area contributed by atoms with Gasteiger partial charge in [-0.2, -0.15) is 0 Å². The number of hydrogen-bond donors (Lipinski definition) is 2. The molecule has 1 aliphatic heterocycles. The van der Waals surface area contributed by atoms with Crippen LogP contribution in [0.1, 0.15) is 63.4 Å². The van der Waals surface area contributed by atoms with E-state index in [0.717, 1.165) is 32.5 Å². The van der Waals surface area contributed by atoms with E-state index < -0.39 is 0 Å². The van der Waals surface area contributed by atoms with Crippen LogP contribution in [0.3, 0.4) is 0 Å². The molecule has 1 aliphatic carbocycles. The van der Waals surface area contributed by atoms with Crippen LogP contribution in [0.25, 0.3) is 0 Å². The molecule has 2 fully saturated rings. The maximum Gasteiger partial charge on any atom is 0.115 e. The van der Waals surface area contributed by atoms with Crippen molar-refractivity contribution >= 4 is 0 Å². The summed E-state index contributed by atoms with van der Waals surface area (Å²) >= 11 is 0. The Kier molecular flexibility index (Phi) is 6.18. The van der Waals surface area contributed by atoms with E-state index in [1.165, 1.54) is 37.7 Å². The average molecular weight is 331 g/mol. The maximum absolute atomic E-state index is 10.5. The monoisotopic (exact) mass is 331 g/mol. The first-order valence-corrected chi connectivity index (χ1v) is 9.83. The van der Waals surface area contributed by atoms with Gasteiger partial charge >= 0.3 is 0 Å². The fourth-order valence-electron chi connectivity index (χ4n) is 4.76. The molecule has 134 valence electrons. The summed E-state index contributed by atoms with van der Waals surface area (Å²) in [6.07, 6.45) is 8.35. The maximum atomic E-state index is 10.5. The van der Waals surface area contributed by atoms with Gasteiger partial charge < -0.3 is 15.1 Å². The zero-order chi connectivity index (χ0) is 16.9. The van der Waals surface area contributed by atoms with Crippen molar-refractivity contribution in [3.63, 3.8) is 0 Å². The average Bonchev–Trinajstić information content (AvgIpc) is 2.60. The molecule has 24 heavy (non-hydrogen) atoms. The van der Waals surface area contributed by atoms with E-state index in [1.54, 1.807) is 6.07 Å². The predicted molar refractivity (Wildman–Crippen MR) is 98.3 cm³/mol. The van der Waals surface area contributed by atoms with E-state index in [2.05, 4.69) is 17.9 Å². The number of piperidine rings is 1. The topological polar surface area (TPSA) is 43.7 Å². The summed E-state index contributed by atoms with van der Waals surface area (Å²) < 4.78 is 0. The minimum atomic E-state index is -0.107. The molecule has 1 aromatic carbocycles. The summed E-state index contributed by atoms with van der Waals surface area (Å²) in [5.41, 5.74) is 1.27. The van der Waals surface area contributed by atoms with Crippen molar-refractivity contribution in [1.29, 1.82) is 0 Å². The first-order valence-electron chi connectivity index (χ1n) is 9.83. The van der Waals surface area contributed by atoms with Gasteiger partial charge in [0.15, 0.2) is 0 Å². The van der Waals surface area contributed by atoms with Crippen molar-refractivity contribution < 1.29 is 10.2 Å². The molecule has 3 rings (SSSR count). The van der Waals surface area contributed by atoms with Crippen molar-refractivity contribution in [1.82, 2.24) is 4.90 Å². The fourth-order valence-corrected chi connectivity index (χ4v) is 4.76. The second-order valence-corrected chi connectivity index (χ2v) is 8.02. The second kappa shape index (κ2) is 8.35. The van der Waals surface area contributed by atoms with E-state index in [0.29, 0.717) is 23.5 Å². The quantitative estimate of drug-likeness (QED) is 0.852. The minimum Gasteiger partial charge on any atom is -0.508 e. The Bertz CT molecular complexity index is 512. The molecule has 2 aliphatic rings. The third-order valence-electron chi connectivity index (χ3n) is 6.22. The van der Waals surface area contributed by atoms with Crippen molar-refractivity contribution in [2.75, 3.05) is 19.6 Å². The number of nitrogens with zero attached hydrogens (tertiary/aromatic N) is 1. The van der Waals surface area contributed by atoms with Crippen molar-refractivity contribution in [2.24, 2.45) is 11.8 Å². The normalized spacial score (nSPS) is 27.9. The SMILES string of the molecule is C[C@H]1CN(CC[C@H](O)C2CCCCC2)CCC1c1cccc(O)c1. The van der Waals surface area contributed by atoms with Gasteiger partial charge in [-0.3, -0.25) is 0 Å². The molecule has 3 atom stereocenters. The Morgan fingerprint density at radius 3 is 2.67 bits per heavy atom. The van der Waals surface area contributed by atoms with Gasteiger partial charge in [0.25, 0.3) is 0 Å². The highest BCUT2D eigenvalue weighted by molar-refractivity contribution is 5.30. The fraction of sp³-hybridized carbons (Fsp3) is 0.714. The van der Waals surface area contributed by atoms with E-state index in [-0.39, 0.29) is 6.10 Å². The Balaban J connectivity index is 1.46. The standard InChI is InChI=1S/C21H33NO2/c1-16-15-22(13-11-21(24)17-6-3-2-4-7-17)12-10-20(16)18-8-5-9-19(23)14-18/h5,8-9,14,16-17,20-21,23-24H,2-4,6-7,10-13,15H2,1H3/t16-,20?,21-/m0/s1. The van der Waals surface area contributed by atoms with Crippen LogP contribution in [0.4, 0.5) is 0 Å². The number of aliphatic hydroxyl groups is 1. The smallest absolute Gasteiger partial charge is 0.115 e. The zero-order valence-corrected chi connectivity index (χ0v) is 15.0. The van der Waals surface area contributed by atoms with Crippen molar-refractivity contribution in [3.8, 4) is 5.75 Å². The molecule has 0 aromatic heterocycles. The summed E-state index contributed by atoms with van der Waals surface area (Å²) in [5, 5.41) is 20.2. The van der Waals surface area contributed by atoms with E-state index in [1.807, 2.05) is 12.1 Å². The number of phenolic OH excluding ortho intramolecular Hbond substituents is 1. The highest BCUT2D eigenvalue weighted by Gasteiger charge is 2.28. The zero-order valence-electron chi connectivity index (χ0n) is 15.0. The Hall–Kier alpha value is -1.06. The van der Waals surface area contributed by atoms with E-state index >= 15 is 0 Å². The molecule has 0 bridgehead atoms. The number of aromatic hydroxyl groups is 1. The van der Waals surface area contributed by atoms with Crippen LogP contribution < -0.4 is 0 Å². The van der Waals surface area contributed by atoms with Crippen LogP contribution in [-0.2, 0) is 0 Å². The number of hydrogen-bond acceptors (Lipinski definition) is 3. The lowest BCUT2D eigenvalue weighted by Crippen LogP contribution is -2.40. The van der Waals surface area contributed by atoms with E-state index in [9.17, 15) is 10.2 Å². The first-order chi connectivity index (χ1) is 11.6. The third kappa shape index (κ3) is 4.52. The van der Waals surface area contributed by atoms with Gasteiger partial charge in [0, 0.05) is 13.1 Å². The Morgan fingerprint density at radius 2 is 1.96 bits per heavy atom. The predicted octanol–water partition coefficient (Wildman–Crippen LogP) is 4.15. The second-order valence-electron chi connectivity index (χ2n) is 8.02. The molecule has 1 heterocycles. The largest absolute Gasteiger partial charge is 0.508 e. The summed E-state index contributed by atoms with van der Waals surface area (Å²) in [4.78, 5) is 2.52. The Labute approximate surface area is 146 Å². The number of benzene rings is 1. The number of rotatable bonds is 5. The van der Waals surface area contributed by atoms with E-state index in [4.69, 9.17) is 0 Å². The van der Waals surface area contributed by atoms with Gasteiger partial charge in [0.1, 0.15) is 5.75 Å². The van der Waals surface area contributed by atoms with Gasteiger partial charge in [-0.15, -0.1) is 0 Å². The van der Waals surface area contributed by atoms with Crippen LogP contribution >= 0.6 is 0 Å². The van der Waals surface area contributed by atoms with Gasteiger partial charge in [-0.25, -0.2) is 0 Å². The van der Waals surface area contributed by atoms with Gasteiger partial charge in [0.05, 0.1) is 6.10 Å². The molecular weight excluding hydrogens is 298 g/mol.